The summed E-state index contributed by atoms with van der Waals surface area (Å²) in [6, 6.07) is 0. The molecule has 0 fully saturated rings. The Hall–Kier alpha value is -0.560. The molecule has 0 saturated heterocycles. The number of hydrogen-bond acceptors (Lipinski definition) is 1. The van der Waals surface area contributed by atoms with Crippen molar-refractivity contribution in [3.63, 3.8) is 0 Å². The van der Waals surface area contributed by atoms with Gasteiger partial charge in [-0.2, -0.15) is 0 Å². The van der Waals surface area contributed by atoms with Crippen molar-refractivity contribution in [3.05, 3.63) is 24.3 Å². The summed E-state index contributed by atoms with van der Waals surface area (Å²) in [7, 11) is 0. The number of unbranched alkanes of at least 4 members (excludes halogenated alkanes) is 4. The molecule has 0 heterocycles. The first-order valence-electron chi connectivity index (χ1n) is 7.29. The van der Waals surface area contributed by atoms with E-state index in [0.29, 0.717) is 5.92 Å². The second kappa shape index (κ2) is 13.5. The first-order chi connectivity index (χ1) is 8.35. The molecule has 100 valence electrons. The van der Waals surface area contributed by atoms with E-state index < -0.39 is 0 Å². The van der Waals surface area contributed by atoms with Crippen LogP contribution in [0.4, 0.5) is 0 Å². The van der Waals surface area contributed by atoms with Gasteiger partial charge in [0.25, 0.3) is 0 Å². The standard InChI is InChI=1S/C16H30O/c1-3-5-7-8-9-13-16(12-6-4-2)14-10-11-15-17/h9-10,13-14,16-17H,3-8,11-12,15H2,1-2H3/b13-9-,14-10-/t16-/m1/s1. The van der Waals surface area contributed by atoms with Gasteiger partial charge in [-0.1, -0.05) is 63.8 Å². The first kappa shape index (κ1) is 16.4. The lowest BCUT2D eigenvalue weighted by atomic mass is 10.00. The molecule has 0 aromatic rings. The lowest BCUT2D eigenvalue weighted by Crippen LogP contribution is -1.92. The van der Waals surface area contributed by atoms with E-state index in [-0.39, 0.29) is 6.61 Å². The molecule has 1 N–H and O–H groups in total. The molecule has 0 aromatic heterocycles. The van der Waals surface area contributed by atoms with Crippen LogP contribution < -0.4 is 0 Å². The minimum absolute atomic E-state index is 0.261. The highest BCUT2D eigenvalue weighted by molar-refractivity contribution is 5.00. The number of rotatable bonds is 11. The number of hydrogen-bond donors (Lipinski definition) is 1. The molecular weight excluding hydrogens is 208 g/mol. The molecule has 0 amide bonds. The lowest BCUT2D eigenvalue weighted by Gasteiger charge is -2.06. The fourth-order valence-corrected chi connectivity index (χ4v) is 1.83. The first-order valence-corrected chi connectivity index (χ1v) is 7.29. The summed E-state index contributed by atoms with van der Waals surface area (Å²) in [6.07, 6.45) is 18.8. The van der Waals surface area contributed by atoms with Gasteiger partial charge in [-0.3, -0.25) is 0 Å². The van der Waals surface area contributed by atoms with E-state index in [1.807, 2.05) is 0 Å². The average Bonchev–Trinajstić information content (AvgIpc) is 2.35. The van der Waals surface area contributed by atoms with Gasteiger partial charge < -0.3 is 5.11 Å². The van der Waals surface area contributed by atoms with Gasteiger partial charge in [0.2, 0.25) is 0 Å². The summed E-state index contributed by atoms with van der Waals surface area (Å²) in [5.41, 5.74) is 0. The van der Waals surface area contributed by atoms with Crippen molar-refractivity contribution in [2.45, 2.75) is 65.2 Å². The van der Waals surface area contributed by atoms with Crippen LogP contribution in [0.2, 0.25) is 0 Å². The van der Waals surface area contributed by atoms with Crippen molar-refractivity contribution in [2.24, 2.45) is 5.92 Å². The third-order valence-electron chi connectivity index (χ3n) is 2.93. The summed E-state index contributed by atoms with van der Waals surface area (Å²) in [5, 5.41) is 8.76. The van der Waals surface area contributed by atoms with E-state index in [9.17, 15) is 0 Å². The summed E-state index contributed by atoms with van der Waals surface area (Å²) in [4.78, 5) is 0. The topological polar surface area (TPSA) is 20.2 Å². The van der Waals surface area contributed by atoms with E-state index in [0.717, 1.165) is 6.42 Å². The monoisotopic (exact) mass is 238 g/mol. The number of aliphatic hydroxyl groups is 1. The zero-order chi connectivity index (χ0) is 12.8. The van der Waals surface area contributed by atoms with E-state index in [4.69, 9.17) is 5.11 Å². The summed E-state index contributed by atoms with van der Waals surface area (Å²) in [5.74, 6) is 0.572. The third kappa shape index (κ3) is 11.7. The second-order valence-electron chi connectivity index (χ2n) is 4.67. The highest BCUT2D eigenvalue weighted by Gasteiger charge is 1.98. The average molecular weight is 238 g/mol. The maximum atomic E-state index is 8.76. The van der Waals surface area contributed by atoms with Crippen molar-refractivity contribution in [1.82, 2.24) is 0 Å². The van der Waals surface area contributed by atoms with Crippen LogP contribution in [0.3, 0.4) is 0 Å². The molecule has 0 aliphatic carbocycles. The van der Waals surface area contributed by atoms with Crippen molar-refractivity contribution in [3.8, 4) is 0 Å². The molecule has 1 heteroatoms. The molecule has 0 radical (unpaired) electrons. The van der Waals surface area contributed by atoms with E-state index in [2.05, 4.69) is 38.2 Å². The molecular formula is C16H30O. The Morgan fingerprint density at radius 3 is 2.12 bits per heavy atom. The van der Waals surface area contributed by atoms with E-state index in [1.54, 1.807) is 0 Å². The highest BCUT2D eigenvalue weighted by atomic mass is 16.2. The molecule has 0 spiro atoms. The summed E-state index contributed by atoms with van der Waals surface area (Å²) < 4.78 is 0. The van der Waals surface area contributed by atoms with E-state index >= 15 is 0 Å². The molecule has 0 bridgehead atoms. The van der Waals surface area contributed by atoms with Crippen LogP contribution in [0.5, 0.6) is 0 Å². The van der Waals surface area contributed by atoms with Gasteiger partial charge in [-0.25, -0.2) is 0 Å². The Kier molecular flexibility index (Phi) is 13.1. The second-order valence-corrected chi connectivity index (χ2v) is 4.67. The van der Waals surface area contributed by atoms with Crippen LogP contribution in [0.1, 0.15) is 65.2 Å². The quantitative estimate of drug-likeness (QED) is 0.402. The lowest BCUT2D eigenvalue weighted by molar-refractivity contribution is 0.302. The van der Waals surface area contributed by atoms with Crippen LogP contribution >= 0.6 is 0 Å². The molecule has 0 aromatic carbocycles. The van der Waals surface area contributed by atoms with Gasteiger partial charge in [-0.15, -0.1) is 0 Å². The van der Waals surface area contributed by atoms with Crippen molar-refractivity contribution in [2.75, 3.05) is 6.61 Å². The van der Waals surface area contributed by atoms with Crippen LogP contribution in [-0.2, 0) is 0 Å². The SMILES string of the molecule is CCCCC/C=C\[C@H](/C=C\CCO)CCCC. The van der Waals surface area contributed by atoms with Gasteiger partial charge in [0.15, 0.2) is 0 Å². The largest absolute Gasteiger partial charge is 0.396 e. The molecule has 17 heavy (non-hydrogen) atoms. The Balaban J connectivity index is 3.90. The smallest absolute Gasteiger partial charge is 0.0465 e. The molecule has 0 aliphatic rings. The third-order valence-corrected chi connectivity index (χ3v) is 2.93. The molecule has 1 nitrogen and oxygen atoms in total. The minimum atomic E-state index is 0.261. The van der Waals surface area contributed by atoms with Crippen molar-refractivity contribution < 1.29 is 5.11 Å². The summed E-state index contributed by atoms with van der Waals surface area (Å²) in [6.45, 7) is 4.74. The number of aliphatic hydroxyl groups excluding tert-OH is 1. The zero-order valence-electron chi connectivity index (χ0n) is 11.7. The van der Waals surface area contributed by atoms with Gasteiger partial charge >= 0.3 is 0 Å². The fourth-order valence-electron chi connectivity index (χ4n) is 1.83. The van der Waals surface area contributed by atoms with Crippen molar-refractivity contribution in [1.29, 1.82) is 0 Å². The normalized spacial score (nSPS) is 13.8. The predicted octanol–water partition coefficient (Wildman–Crippen LogP) is 4.87. The predicted molar refractivity (Wildman–Crippen MR) is 77.1 cm³/mol. The molecule has 1 atom stereocenters. The Morgan fingerprint density at radius 1 is 0.882 bits per heavy atom. The highest BCUT2D eigenvalue weighted by Crippen LogP contribution is 2.13. The van der Waals surface area contributed by atoms with Gasteiger partial charge in [0, 0.05) is 6.61 Å². The maximum absolute atomic E-state index is 8.76. The number of allylic oxidation sites excluding steroid dienone is 3. The van der Waals surface area contributed by atoms with Crippen LogP contribution in [0, 0.1) is 5.92 Å². The van der Waals surface area contributed by atoms with Gasteiger partial charge in [0.05, 0.1) is 0 Å². The van der Waals surface area contributed by atoms with E-state index in [1.165, 1.54) is 44.9 Å². The Morgan fingerprint density at radius 2 is 1.53 bits per heavy atom. The van der Waals surface area contributed by atoms with Gasteiger partial charge in [0.1, 0.15) is 0 Å². The van der Waals surface area contributed by atoms with Crippen LogP contribution in [0.25, 0.3) is 0 Å². The summed E-state index contributed by atoms with van der Waals surface area (Å²) >= 11 is 0. The maximum Gasteiger partial charge on any atom is 0.0465 e. The molecule has 0 rings (SSSR count). The molecule has 0 saturated carbocycles. The van der Waals surface area contributed by atoms with Crippen LogP contribution in [-0.4, -0.2) is 11.7 Å². The molecule has 0 unspecified atom stereocenters. The van der Waals surface area contributed by atoms with Crippen molar-refractivity contribution >= 4 is 0 Å². The van der Waals surface area contributed by atoms with Gasteiger partial charge in [-0.05, 0) is 31.6 Å². The molecule has 0 aliphatic heterocycles. The van der Waals surface area contributed by atoms with Crippen LogP contribution in [0.15, 0.2) is 24.3 Å². The minimum Gasteiger partial charge on any atom is -0.396 e. The Bertz CT molecular complexity index is 194. The Labute approximate surface area is 108 Å². The zero-order valence-corrected chi connectivity index (χ0v) is 11.7. The fraction of sp³-hybridized carbons (Fsp3) is 0.750.